The number of hydrogen-bond donors (Lipinski definition) is 4. The zero-order valence-electron chi connectivity index (χ0n) is 17.1. The number of carbonyl (C=O) groups is 4. The molecular formula is C18H30N2O8. The smallest absolute Gasteiger partial charge is 0.407 e. The van der Waals surface area contributed by atoms with Crippen LogP contribution in [0.3, 0.4) is 0 Å². The second-order valence-electron chi connectivity index (χ2n) is 8.87. The fraction of sp³-hybridized carbons (Fsp3) is 0.778. The van der Waals surface area contributed by atoms with Crippen molar-refractivity contribution in [3.8, 4) is 0 Å². The zero-order valence-corrected chi connectivity index (χ0v) is 17.1. The molecule has 4 N–H and O–H groups in total. The lowest BCUT2D eigenvalue weighted by Crippen LogP contribution is -2.34. The van der Waals surface area contributed by atoms with Gasteiger partial charge in [-0.15, -0.1) is 0 Å². The Kier molecular flexibility index (Phi) is 7.27. The van der Waals surface area contributed by atoms with Crippen LogP contribution < -0.4 is 10.6 Å². The molecule has 2 amide bonds. The van der Waals surface area contributed by atoms with Crippen LogP contribution >= 0.6 is 0 Å². The second-order valence-corrected chi connectivity index (χ2v) is 8.87. The molecule has 2 saturated carbocycles. The Bertz CT molecular complexity index is 566. The topological polar surface area (TPSA) is 151 Å². The fourth-order valence-electron chi connectivity index (χ4n) is 2.17. The van der Waals surface area contributed by atoms with Gasteiger partial charge in [0.2, 0.25) is 0 Å². The van der Waals surface area contributed by atoms with Gasteiger partial charge in [0, 0.05) is 12.1 Å². The van der Waals surface area contributed by atoms with E-state index < -0.39 is 47.2 Å². The van der Waals surface area contributed by atoms with Crippen molar-refractivity contribution in [2.24, 2.45) is 11.8 Å². The summed E-state index contributed by atoms with van der Waals surface area (Å²) in [4.78, 5) is 43.2. The number of amides is 2. The van der Waals surface area contributed by atoms with Gasteiger partial charge in [-0.25, -0.2) is 9.59 Å². The van der Waals surface area contributed by atoms with Gasteiger partial charge in [-0.2, -0.15) is 0 Å². The molecule has 2 aliphatic carbocycles. The van der Waals surface area contributed by atoms with Crippen LogP contribution in [-0.4, -0.2) is 57.6 Å². The first-order valence-electron chi connectivity index (χ1n) is 9.03. The van der Waals surface area contributed by atoms with Gasteiger partial charge in [-0.3, -0.25) is 9.59 Å². The molecular weight excluding hydrogens is 372 g/mol. The Hall–Kier alpha value is -2.52. The van der Waals surface area contributed by atoms with Crippen LogP contribution in [0.25, 0.3) is 0 Å². The molecule has 160 valence electrons. The van der Waals surface area contributed by atoms with Gasteiger partial charge < -0.3 is 30.3 Å². The van der Waals surface area contributed by atoms with Gasteiger partial charge in [0.1, 0.15) is 11.2 Å². The third kappa shape index (κ3) is 9.43. The van der Waals surface area contributed by atoms with Crippen molar-refractivity contribution >= 4 is 24.1 Å². The predicted octanol–water partition coefficient (Wildman–Crippen LogP) is 1.97. The molecule has 2 fully saturated rings. The average Bonchev–Trinajstić information content (AvgIpc) is 3.30. The lowest BCUT2D eigenvalue weighted by molar-refractivity contribution is -0.139. The number of nitrogens with one attached hydrogen (secondary N) is 2. The molecule has 28 heavy (non-hydrogen) atoms. The molecule has 10 heteroatoms. The van der Waals surface area contributed by atoms with E-state index in [0.29, 0.717) is 12.8 Å². The Balaban J connectivity index is 0.000000280. The summed E-state index contributed by atoms with van der Waals surface area (Å²) in [6, 6.07) is -0.523. The molecule has 2 aliphatic rings. The summed E-state index contributed by atoms with van der Waals surface area (Å²) < 4.78 is 9.95. The lowest BCUT2D eigenvalue weighted by Gasteiger charge is -2.19. The van der Waals surface area contributed by atoms with E-state index in [4.69, 9.17) is 19.7 Å². The first-order chi connectivity index (χ1) is 12.6. The molecule has 0 heterocycles. The molecule has 2 rings (SSSR count). The number of hydrogen-bond acceptors (Lipinski definition) is 6. The normalized spacial score (nSPS) is 25.4. The van der Waals surface area contributed by atoms with Crippen molar-refractivity contribution in [2.45, 2.75) is 77.7 Å². The molecule has 0 bridgehead atoms. The molecule has 4 atom stereocenters. The molecule has 0 radical (unpaired) electrons. The number of rotatable bonds is 4. The molecule has 0 aliphatic heterocycles. The highest BCUT2D eigenvalue weighted by atomic mass is 16.6. The van der Waals surface area contributed by atoms with Crippen molar-refractivity contribution < 1.29 is 38.9 Å². The molecule has 0 spiro atoms. The van der Waals surface area contributed by atoms with Crippen LogP contribution in [0.1, 0.15) is 54.4 Å². The Morgan fingerprint density at radius 1 is 0.714 bits per heavy atom. The van der Waals surface area contributed by atoms with Crippen molar-refractivity contribution in [3.63, 3.8) is 0 Å². The number of carbonyl (C=O) groups excluding carboxylic acids is 2. The third-order valence-electron chi connectivity index (χ3n) is 3.62. The molecule has 0 aromatic carbocycles. The van der Waals surface area contributed by atoms with Gasteiger partial charge in [0.15, 0.2) is 0 Å². The maximum Gasteiger partial charge on any atom is 0.407 e. The Morgan fingerprint density at radius 2 is 1.00 bits per heavy atom. The van der Waals surface area contributed by atoms with Gasteiger partial charge in [0.05, 0.1) is 11.8 Å². The highest BCUT2D eigenvalue weighted by molar-refractivity contribution is 5.78. The highest BCUT2D eigenvalue weighted by Gasteiger charge is 2.45. The van der Waals surface area contributed by atoms with Crippen molar-refractivity contribution in [3.05, 3.63) is 0 Å². The van der Waals surface area contributed by atoms with Crippen LogP contribution in [0, 0.1) is 11.8 Å². The summed E-state index contributed by atoms with van der Waals surface area (Å²) in [5.74, 6) is -2.62. The summed E-state index contributed by atoms with van der Waals surface area (Å²) in [6.45, 7) is 10.5. The zero-order chi connectivity index (χ0) is 21.9. The Labute approximate surface area is 163 Å². The third-order valence-corrected chi connectivity index (χ3v) is 3.62. The summed E-state index contributed by atoms with van der Waals surface area (Å²) in [6.07, 6.45) is -0.110. The standard InChI is InChI=1S/2C9H15NO4/c2*1-9(2,3)14-8(13)10-6-4-5(6)7(11)12/h2*5-6H,4H2,1-3H3,(H,10,13)(H,11,12)/t2*5-,6?/m10/s1. The summed E-state index contributed by atoms with van der Waals surface area (Å²) in [5, 5.41) is 22.2. The van der Waals surface area contributed by atoms with E-state index in [2.05, 4.69) is 10.6 Å². The largest absolute Gasteiger partial charge is 0.481 e. The number of carboxylic acids is 2. The average molecular weight is 402 g/mol. The molecule has 0 aromatic rings. The van der Waals surface area contributed by atoms with Crippen molar-refractivity contribution in [2.75, 3.05) is 0 Å². The number of carboxylic acid groups (broad SMARTS) is 2. The van der Waals surface area contributed by atoms with Crippen LogP contribution in [0.4, 0.5) is 9.59 Å². The van der Waals surface area contributed by atoms with Gasteiger partial charge in [-0.05, 0) is 54.4 Å². The minimum atomic E-state index is -0.869. The number of aliphatic carboxylic acids is 2. The first-order valence-corrected chi connectivity index (χ1v) is 9.03. The maximum atomic E-state index is 11.2. The molecule has 10 nitrogen and oxygen atoms in total. The van der Waals surface area contributed by atoms with Gasteiger partial charge in [0.25, 0.3) is 0 Å². The highest BCUT2D eigenvalue weighted by Crippen LogP contribution is 2.31. The van der Waals surface area contributed by atoms with Crippen LogP contribution in [0.15, 0.2) is 0 Å². The summed E-state index contributed by atoms with van der Waals surface area (Å²) in [5.41, 5.74) is -1.09. The SMILES string of the molecule is CC(C)(C)OC(=O)NC1C[C@@H]1C(=O)O.CC(C)(C)OC(=O)NC1C[C@H]1C(=O)O. The first kappa shape index (κ1) is 23.5. The number of ether oxygens (including phenoxy) is 2. The van der Waals surface area contributed by atoms with Crippen LogP contribution in [-0.2, 0) is 19.1 Å². The van der Waals surface area contributed by atoms with Crippen molar-refractivity contribution in [1.29, 1.82) is 0 Å². The summed E-state index contributed by atoms with van der Waals surface area (Å²) in [7, 11) is 0. The van der Waals surface area contributed by atoms with E-state index in [1.165, 1.54) is 0 Å². The molecule has 0 aromatic heterocycles. The lowest BCUT2D eigenvalue weighted by atomic mass is 10.2. The van der Waals surface area contributed by atoms with Crippen LogP contribution in [0.5, 0.6) is 0 Å². The van der Waals surface area contributed by atoms with Crippen molar-refractivity contribution in [1.82, 2.24) is 10.6 Å². The molecule has 0 saturated heterocycles. The fourth-order valence-corrected chi connectivity index (χ4v) is 2.17. The van der Waals surface area contributed by atoms with E-state index in [1.807, 2.05) is 0 Å². The van der Waals surface area contributed by atoms with Crippen LogP contribution in [0.2, 0.25) is 0 Å². The predicted molar refractivity (Wildman–Crippen MR) is 97.8 cm³/mol. The summed E-state index contributed by atoms with van der Waals surface area (Å²) >= 11 is 0. The van der Waals surface area contributed by atoms with Gasteiger partial charge >= 0.3 is 24.1 Å². The van der Waals surface area contributed by atoms with E-state index in [0.717, 1.165) is 0 Å². The second kappa shape index (κ2) is 8.66. The quantitative estimate of drug-likeness (QED) is 0.557. The van der Waals surface area contributed by atoms with E-state index in [-0.39, 0.29) is 12.1 Å². The van der Waals surface area contributed by atoms with Gasteiger partial charge in [-0.1, -0.05) is 0 Å². The minimum Gasteiger partial charge on any atom is -0.481 e. The maximum absolute atomic E-state index is 11.2. The van der Waals surface area contributed by atoms with E-state index >= 15 is 0 Å². The number of alkyl carbamates (subject to hydrolysis) is 2. The molecule has 2 unspecified atom stereocenters. The van der Waals surface area contributed by atoms with E-state index in [9.17, 15) is 19.2 Å². The monoisotopic (exact) mass is 402 g/mol. The van der Waals surface area contributed by atoms with E-state index in [1.54, 1.807) is 41.5 Å². The minimum absolute atomic E-state index is 0.262. The Morgan fingerprint density at radius 3 is 1.18 bits per heavy atom.